The number of hydrogen-bond donors (Lipinski definition) is 0. The number of imide groups is 1. The summed E-state index contributed by atoms with van der Waals surface area (Å²) < 4.78 is 15.3. The first-order valence-corrected chi connectivity index (χ1v) is 8.75. The van der Waals surface area contributed by atoms with Crippen molar-refractivity contribution in [2.45, 2.75) is 52.7 Å². The van der Waals surface area contributed by atoms with Crippen LogP contribution in [0, 0.1) is 0 Å². The molecule has 0 aromatic carbocycles. The minimum absolute atomic E-state index is 0.143. The Bertz CT molecular complexity index is 765. The van der Waals surface area contributed by atoms with E-state index in [0.717, 1.165) is 7.11 Å². The van der Waals surface area contributed by atoms with Gasteiger partial charge in [-0.2, -0.15) is 4.90 Å². The summed E-state index contributed by atoms with van der Waals surface area (Å²) in [5.41, 5.74) is -2.03. The third kappa shape index (κ3) is 6.23. The van der Waals surface area contributed by atoms with Gasteiger partial charge in [0.15, 0.2) is 5.69 Å². The van der Waals surface area contributed by atoms with Gasteiger partial charge in [0, 0.05) is 0 Å². The molecule has 0 fully saturated rings. The van der Waals surface area contributed by atoms with Gasteiger partial charge in [-0.15, -0.1) is 0 Å². The molecule has 0 spiro atoms. The van der Waals surface area contributed by atoms with Crippen molar-refractivity contribution < 1.29 is 28.6 Å². The lowest BCUT2D eigenvalue weighted by Gasteiger charge is -2.29. The van der Waals surface area contributed by atoms with Gasteiger partial charge in [0.25, 0.3) is 0 Å². The maximum Gasteiger partial charge on any atom is 0.424 e. The van der Waals surface area contributed by atoms with E-state index < -0.39 is 29.4 Å². The van der Waals surface area contributed by atoms with Crippen LogP contribution in [0.25, 0.3) is 6.08 Å². The highest BCUT2D eigenvalue weighted by atomic mass is 35.5. The second-order valence-corrected chi connectivity index (χ2v) is 8.10. The maximum atomic E-state index is 12.8. The van der Waals surface area contributed by atoms with Crippen molar-refractivity contribution in [3.63, 3.8) is 0 Å². The smallest absolute Gasteiger partial charge is 0.424 e. The largest absolute Gasteiger partial charge is 0.464 e. The Morgan fingerprint density at radius 1 is 1.07 bits per heavy atom. The molecule has 0 atom stereocenters. The summed E-state index contributed by atoms with van der Waals surface area (Å²) in [6.07, 6.45) is -0.726. The highest BCUT2D eigenvalue weighted by molar-refractivity contribution is 6.37. The molecular formula is C19H25ClN2O6. The Hall–Kier alpha value is -2.61. The summed E-state index contributed by atoms with van der Waals surface area (Å²) in [7, 11) is 1.15. The highest BCUT2D eigenvalue weighted by Gasteiger charge is 2.35. The summed E-state index contributed by atoms with van der Waals surface area (Å²) in [5, 5.41) is -0.269. The molecule has 154 valence electrons. The summed E-state index contributed by atoms with van der Waals surface area (Å²) in [5.74, 6) is -0.844. The number of rotatable bonds is 3. The molecule has 0 saturated carbocycles. The lowest BCUT2D eigenvalue weighted by Crippen LogP contribution is -2.44. The molecule has 0 aliphatic carbocycles. The number of carbonyl (C=O) groups is 3. The minimum Gasteiger partial charge on any atom is -0.464 e. The number of anilines is 1. The van der Waals surface area contributed by atoms with Crippen LogP contribution in [-0.2, 0) is 14.2 Å². The SMILES string of the molecule is C=Cc1cc(N(C(=O)OC(C)(C)C)C(=O)OC(C)(C)C)c(Cl)c(C(=O)OC)n1. The molecule has 1 rings (SSSR count). The van der Waals surface area contributed by atoms with E-state index in [9.17, 15) is 14.4 Å². The Balaban J connectivity index is 3.64. The summed E-state index contributed by atoms with van der Waals surface area (Å²) in [6, 6.07) is 1.32. The molecule has 1 heterocycles. The number of hydrogen-bond acceptors (Lipinski definition) is 7. The van der Waals surface area contributed by atoms with Crippen LogP contribution in [0.15, 0.2) is 12.6 Å². The number of amides is 2. The molecule has 9 heteroatoms. The van der Waals surface area contributed by atoms with Crippen LogP contribution < -0.4 is 4.90 Å². The fourth-order valence-electron chi connectivity index (χ4n) is 1.92. The number of carbonyl (C=O) groups excluding carboxylic acids is 3. The lowest BCUT2D eigenvalue weighted by atomic mass is 10.2. The van der Waals surface area contributed by atoms with Gasteiger partial charge in [-0.3, -0.25) is 0 Å². The molecule has 2 amide bonds. The van der Waals surface area contributed by atoms with E-state index in [1.54, 1.807) is 41.5 Å². The molecule has 0 aliphatic heterocycles. The molecule has 0 aliphatic rings. The van der Waals surface area contributed by atoms with Crippen molar-refractivity contribution in [2.75, 3.05) is 12.0 Å². The van der Waals surface area contributed by atoms with Crippen molar-refractivity contribution >= 4 is 41.5 Å². The van der Waals surface area contributed by atoms with Gasteiger partial charge < -0.3 is 14.2 Å². The molecule has 8 nitrogen and oxygen atoms in total. The molecule has 0 bridgehead atoms. The van der Waals surface area contributed by atoms with Crippen LogP contribution in [0.4, 0.5) is 15.3 Å². The first kappa shape index (κ1) is 23.4. The Kier molecular flexibility index (Phi) is 7.20. The van der Waals surface area contributed by atoms with Crippen molar-refractivity contribution in [1.29, 1.82) is 0 Å². The van der Waals surface area contributed by atoms with Crippen LogP contribution in [-0.4, -0.2) is 41.5 Å². The molecule has 0 N–H and O–H groups in total. The number of methoxy groups -OCH3 is 1. The third-order valence-corrected chi connectivity index (χ3v) is 3.31. The van der Waals surface area contributed by atoms with Gasteiger partial charge in [-0.05, 0) is 53.7 Å². The fourth-order valence-corrected chi connectivity index (χ4v) is 2.18. The standard InChI is InChI=1S/C19H25ClN2O6/c1-9-11-10-12(13(20)14(21-11)15(23)26-8)22(16(24)27-18(2,3)4)17(25)28-19(5,6)7/h9-10H,1H2,2-8H3. The van der Waals surface area contributed by atoms with Crippen LogP contribution in [0.2, 0.25) is 5.02 Å². The molecule has 0 saturated heterocycles. The molecule has 0 unspecified atom stereocenters. The van der Waals surface area contributed by atoms with Crippen LogP contribution in [0.5, 0.6) is 0 Å². The zero-order chi connectivity index (χ0) is 21.9. The van der Waals surface area contributed by atoms with E-state index in [1.807, 2.05) is 0 Å². The maximum absolute atomic E-state index is 12.8. The van der Waals surface area contributed by atoms with Crippen molar-refractivity contribution in [3.8, 4) is 0 Å². The van der Waals surface area contributed by atoms with Crippen LogP contribution in [0.1, 0.15) is 57.7 Å². The molecular weight excluding hydrogens is 388 g/mol. The number of ether oxygens (including phenoxy) is 3. The molecule has 1 aromatic heterocycles. The molecule has 0 radical (unpaired) electrons. The van der Waals surface area contributed by atoms with E-state index in [4.69, 9.17) is 21.1 Å². The van der Waals surface area contributed by atoms with Gasteiger partial charge in [0.1, 0.15) is 11.2 Å². The van der Waals surface area contributed by atoms with Crippen LogP contribution >= 0.6 is 11.6 Å². The predicted octanol–water partition coefficient (Wildman–Crippen LogP) is 4.84. The number of halogens is 1. The van der Waals surface area contributed by atoms with Gasteiger partial charge in [-0.25, -0.2) is 19.4 Å². The monoisotopic (exact) mass is 412 g/mol. The second-order valence-electron chi connectivity index (χ2n) is 7.72. The first-order chi connectivity index (χ1) is 12.7. The van der Waals surface area contributed by atoms with Crippen LogP contribution in [0.3, 0.4) is 0 Å². The number of nitrogens with zero attached hydrogens (tertiary/aromatic N) is 2. The Morgan fingerprint density at radius 2 is 1.54 bits per heavy atom. The fraction of sp³-hybridized carbons (Fsp3) is 0.474. The summed E-state index contributed by atoms with van der Waals surface area (Å²) >= 11 is 6.28. The quantitative estimate of drug-likeness (QED) is 0.517. The summed E-state index contributed by atoms with van der Waals surface area (Å²) in [6.45, 7) is 13.4. The van der Waals surface area contributed by atoms with E-state index in [0.29, 0.717) is 4.90 Å². The van der Waals surface area contributed by atoms with Gasteiger partial charge >= 0.3 is 18.2 Å². The van der Waals surface area contributed by atoms with Crippen molar-refractivity contribution in [2.24, 2.45) is 0 Å². The topological polar surface area (TPSA) is 95.0 Å². The van der Waals surface area contributed by atoms with E-state index >= 15 is 0 Å². The lowest BCUT2D eigenvalue weighted by molar-refractivity contribution is 0.0428. The predicted molar refractivity (Wildman–Crippen MR) is 106 cm³/mol. The number of aromatic nitrogens is 1. The number of pyridine rings is 1. The van der Waals surface area contributed by atoms with E-state index in [2.05, 4.69) is 16.3 Å². The Labute approximate surface area is 169 Å². The third-order valence-electron chi connectivity index (χ3n) is 2.94. The Morgan fingerprint density at radius 3 is 1.89 bits per heavy atom. The van der Waals surface area contributed by atoms with E-state index in [1.165, 1.54) is 12.1 Å². The van der Waals surface area contributed by atoms with Gasteiger partial charge in [0.2, 0.25) is 0 Å². The second kappa shape index (κ2) is 8.60. The summed E-state index contributed by atoms with van der Waals surface area (Å²) in [4.78, 5) is 42.2. The normalized spacial score (nSPS) is 11.4. The molecule has 1 aromatic rings. The highest BCUT2D eigenvalue weighted by Crippen LogP contribution is 2.32. The number of esters is 1. The zero-order valence-corrected chi connectivity index (χ0v) is 17.8. The van der Waals surface area contributed by atoms with Crippen molar-refractivity contribution in [1.82, 2.24) is 4.98 Å². The first-order valence-electron chi connectivity index (χ1n) is 8.37. The van der Waals surface area contributed by atoms with Gasteiger partial charge in [0.05, 0.1) is 23.5 Å². The average molecular weight is 413 g/mol. The van der Waals surface area contributed by atoms with Gasteiger partial charge in [-0.1, -0.05) is 18.2 Å². The molecule has 28 heavy (non-hydrogen) atoms. The zero-order valence-electron chi connectivity index (χ0n) is 17.1. The van der Waals surface area contributed by atoms with Crippen molar-refractivity contribution in [3.05, 3.63) is 29.1 Å². The minimum atomic E-state index is -1.03. The van der Waals surface area contributed by atoms with E-state index in [-0.39, 0.29) is 22.1 Å². The average Bonchev–Trinajstić information content (AvgIpc) is 2.52.